The molecular weight excluding hydrogens is 270 g/mol. The number of aryl methyl sites for hydroxylation is 1. The van der Waals surface area contributed by atoms with Crippen LogP contribution in [0.5, 0.6) is 0 Å². The van der Waals surface area contributed by atoms with Gasteiger partial charge in [0.25, 0.3) is 11.5 Å². The number of nitrogens with one attached hydrogen (secondary N) is 2. The zero-order chi connectivity index (χ0) is 15.4. The third-order valence-corrected chi connectivity index (χ3v) is 3.25. The van der Waals surface area contributed by atoms with Gasteiger partial charge in [0.1, 0.15) is 11.3 Å². The molecule has 1 amide bonds. The van der Waals surface area contributed by atoms with Gasteiger partial charge in [0.15, 0.2) is 0 Å². The molecule has 0 aliphatic rings. The maximum Gasteiger partial charge on any atom is 0.260 e. The van der Waals surface area contributed by atoms with Gasteiger partial charge in [0.2, 0.25) is 0 Å². The molecule has 0 aliphatic carbocycles. The van der Waals surface area contributed by atoms with Gasteiger partial charge >= 0.3 is 0 Å². The highest BCUT2D eigenvalue weighted by molar-refractivity contribution is 5.93. The molecule has 0 saturated heterocycles. The van der Waals surface area contributed by atoms with Crippen molar-refractivity contribution in [1.29, 1.82) is 0 Å². The van der Waals surface area contributed by atoms with E-state index in [4.69, 9.17) is 4.42 Å². The van der Waals surface area contributed by atoms with Crippen molar-refractivity contribution in [1.82, 2.24) is 15.2 Å². The standard InChI is InChI=1S/C15H19N3O3/c1-10-6-7-11(15(20)17-10)14(19)16-9-12(18(2)3)13-5-4-8-21-13/h4-8,12H,9H2,1-3H3,(H,16,19)(H,17,20)/t12-/m1/s1. The Kier molecular flexibility index (Phi) is 4.59. The molecule has 2 rings (SSSR count). The Hall–Kier alpha value is -2.34. The molecule has 2 aromatic heterocycles. The number of likely N-dealkylation sites (N-methyl/N-ethyl adjacent to an activating group) is 1. The quantitative estimate of drug-likeness (QED) is 0.870. The van der Waals surface area contributed by atoms with Crippen molar-refractivity contribution >= 4 is 5.91 Å². The number of aromatic nitrogens is 1. The van der Waals surface area contributed by atoms with Crippen LogP contribution in [0.2, 0.25) is 0 Å². The highest BCUT2D eigenvalue weighted by Crippen LogP contribution is 2.17. The first-order valence-electron chi connectivity index (χ1n) is 6.67. The number of pyridine rings is 1. The third kappa shape index (κ3) is 3.61. The molecule has 6 nitrogen and oxygen atoms in total. The van der Waals surface area contributed by atoms with E-state index < -0.39 is 5.91 Å². The van der Waals surface area contributed by atoms with E-state index >= 15 is 0 Å². The summed E-state index contributed by atoms with van der Waals surface area (Å²) in [5, 5.41) is 2.77. The Bertz CT molecular complexity index is 659. The Balaban J connectivity index is 2.07. The summed E-state index contributed by atoms with van der Waals surface area (Å²) >= 11 is 0. The van der Waals surface area contributed by atoms with Crippen LogP contribution in [0, 0.1) is 6.92 Å². The molecule has 0 bridgehead atoms. The number of nitrogens with zero attached hydrogens (tertiary/aromatic N) is 1. The van der Waals surface area contributed by atoms with Gasteiger partial charge in [-0.05, 0) is 45.3 Å². The Labute approximate surface area is 122 Å². The summed E-state index contributed by atoms with van der Waals surface area (Å²) in [7, 11) is 3.80. The normalized spacial score (nSPS) is 12.4. The minimum atomic E-state index is -0.394. The minimum Gasteiger partial charge on any atom is -0.468 e. The van der Waals surface area contributed by atoms with E-state index in [1.165, 1.54) is 6.07 Å². The molecule has 2 N–H and O–H groups in total. The van der Waals surface area contributed by atoms with E-state index in [0.717, 1.165) is 11.5 Å². The molecule has 2 heterocycles. The number of hydrogen-bond acceptors (Lipinski definition) is 4. The number of aromatic amines is 1. The van der Waals surface area contributed by atoms with Crippen molar-refractivity contribution < 1.29 is 9.21 Å². The number of H-pyrrole nitrogens is 1. The fourth-order valence-corrected chi connectivity index (χ4v) is 2.05. The number of furan rings is 1. The lowest BCUT2D eigenvalue weighted by Crippen LogP contribution is -2.36. The zero-order valence-corrected chi connectivity index (χ0v) is 12.3. The van der Waals surface area contributed by atoms with Gasteiger partial charge in [-0.2, -0.15) is 0 Å². The van der Waals surface area contributed by atoms with E-state index in [1.807, 2.05) is 25.1 Å². The van der Waals surface area contributed by atoms with Crippen molar-refractivity contribution in [3.8, 4) is 0 Å². The largest absolute Gasteiger partial charge is 0.468 e. The predicted octanol–water partition coefficient (Wildman–Crippen LogP) is 1.31. The fraction of sp³-hybridized carbons (Fsp3) is 0.333. The number of carbonyl (C=O) groups is 1. The summed E-state index contributed by atoms with van der Waals surface area (Å²) in [6, 6.07) is 6.80. The van der Waals surface area contributed by atoms with Crippen LogP contribution in [0.4, 0.5) is 0 Å². The number of carbonyl (C=O) groups excluding carboxylic acids is 1. The molecular formula is C15H19N3O3. The van der Waals surface area contributed by atoms with E-state index in [-0.39, 0.29) is 17.2 Å². The van der Waals surface area contributed by atoms with Crippen LogP contribution in [0.1, 0.15) is 27.9 Å². The molecule has 21 heavy (non-hydrogen) atoms. The van der Waals surface area contributed by atoms with Crippen molar-refractivity contribution in [2.24, 2.45) is 0 Å². The first kappa shape index (κ1) is 15.1. The van der Waals surface area contributed by atoms with E-state index in [1.54, 1.807) is 25.3 Å². The van der Waals surface area contributed by atoms with Crippen molar-refractivity contribution in [3.63, 3.8) is 0 Å². The summed E-state index contributed by atoms with van der Waals surface area (Å²) in [4.78, 5) is 28.4. The molecule has 1 atom stereocenters. The highest BCUT2D eigenvalue weighted by atomic mass is 16.3. The molecule has 0 aliphatic heterocycles. The number of rotatable bonds is 5. The first-order valence-corrected chi connectivity index (χ1v) is 6.67. The van der Waals surface area contributed by atoms with Gasteiger partial charge in [-0.25, -0.2) is 0 Å². The van der Waals surface area contributed by atoms with Gasteiger partial charge < -0.3 is 14.7 Å². The molecule has 6 heteroatoms. The summed E-state index contributed by atoms with van der Waals surface area (Å²) in [5.74, 6) is 0.368. The van der Waals surface area contributed by atoms with Crippen molar-refractivity contribution in [2.45, 2.75) is 13.0 Å². The Morgan fingerprint density at radius 2 is 2.14 bits per heavy atom. The van der Waals surface area contributed by atoms with Crippen LogP contribution in [0.25, 0.3) is 0 Å². The van der Waals surface area contributed by atoms with Crippen molar-refractivity contribution in [2.75, 3.05) is 20.6 Å². The molecule has 112 valence electrons. The zero-order valence-electron chi connectivity index (χ0n) is 12.3. The lowest BCUT2D eigenvalue weighted by molar-refractivity contribution is 0.0937. The third-order valence-electron chi connectivity index (χ3n) is 3.25. The molecule has 0 radical (unpaired) electrons. The van der Waals surface area contributed by atoms with Crippen LogP contribution in [-0.4, -0.2) is 36.4 Å². The van der Waals surface area contributed by atoms with Crippen LogP contribution in [0.3, 0.4) is 0 Å². The summed E-state index contributed by atoms with van der Waals surface area (Å²) < 4.78 is 5.37. The molecule has 0 aromatic carbocycles. The van der Waals surface area contributed by atoms with Gasteiger partial charge in [0.05, 0.1) is 12.3 Å². The second-order valence-corrected chi connectivity index (χ2v) is 5.09. The SMILES string of the molecule is Cc1ccc(C(=O)NC[C@H](c2ccco2)N(C)C)c(=O)[nH]1. The van der Waals surface area contributed by atoms with Gasteiger partial charge in [-0.1, -0.05) is 0 Å². The monoisotopic (exact) mass is 289 g/mol. The van der Waals surface area contributed by atoms with Gasteiger partial charge in [-0.15, -0.1) is 0 Å². The second kappa shape index (κ2) is 6.41. The molecule has 2 aromatic rings. The molecule has 0 saturated carbocycles. The van der Waals surface area contributed by atoms with E-state index in [0.29, 0.717) is 6.54 Å². The first-order chi connectivity index (χ1) is 9.99. The maximum absolute atomic E-state index is 12.1. The van der Waals surface area contributed by atoms with Crippen LogP contribution in [-0.2, 0) is 0 Å². The number of hydrogen-bond donors (Lipinski definition) is 2. The molecule has 0 spiro atoms. The van der Waals surface area contributed by atoms with E-state index in [9.17, 15) is 9.59 Å². The minimum absolute atomic E-state index is 0.0894. The average molecular weight is 289 g/mol. The Morgan fingerprint density at radius 3 is 2.71 bits per heavy atom. The highest BCUT2D eigenvalue weighted by Gasteiger charge is 2.19. The predicted molar refractivity (Wildman–Crippen MR) is 79.3 cm³/mol. The van der Waals surface area contributed by atoms with Crippen LogP contribution >= 0.6 is 0 Å². The van der Waals surface area contributed by atoms with Gasteiger partial charge in [0, 0.05) is 12.2 Å². The smallest absolute Gasteiger partial charge is 0.260 e. The van der Waals surface area contributed by atoms with Crippen molar-refractivity contribution in [3.05, 3.63) is 57.9 Å². The summed E-state index contributed by atoms with van der Waals surface area (Å²) in [6.45, 7) is 2.12. The van der Waals surface area contributed by atoms with E-state index in [2.05, 4.69) is 10.3 Å². The fourth-order valence-electron chi connectivity index (χ4n) is 2.05. The number of amides is 1. The van der Waals surface area contributed by atoms with Crippen LogP contribution in [0.15, 0.2) is 39.7 Å². The Morgan fingerprint density at radius 1 is 1.38 bits per heavy atom. The molecule has 0 unspecified atom stereocenters. The topological polar surface area (TPSA) is 78.3 Å². The average Bonchev–Trinajstić information content (AvgIpc) is 2.92. The maximum atomic E-state index is 12.1. The summed E-state index contributed by atoms with van der Waals surface area (Å²) in [6.07, 6.45) is 1.60. The molecule has 0 fully saturated rings. The lowest BCUT2D eigenvalue weighted by Gasteiger charge is -2.22. The second-order valence-electron chi connectivity index (χ2n) is 5.09. The van der Waals surface area contributed by atoms with Gasteiger partial charge in [-0.3, -0.25) is 14.5 Å². The summed E-state index contributed by atoms with van der Waals surface area (Å²) in [5.41, 5.74) is 0.447. The lowest BCUT2D eigenvalue weighted by atomic mass is 10.2. The van der Waals surface area contributed by atoms with Crippen LogP contribution < -0.4 is 10.9 Å².